The Morgan fingerprint density at radius 2 is 2.00 bits per heavy atom. The smallest absolute Gasteiger partial charge is 0.319 e. The Balaban J connectivity index is 1.44. The van der Waals surface area contributed by atoms with Gasteiger partial charge in [-0.25, -0.2) is 4.79 Å². The number of nitrogens with zero attached hydrogens (tertiary/aromatic N) is 1. The first-order valence-electron chi connectivity index (χ1n) is 8.51. The molecular weight excluding hydrogens is 300 g/mol. The minimum absolute atomic E-state index is 0.119. The monoisotopic (exact) mass is 324 g/mol. The van der Waals surface area contributed by atoms with Crippen LogP contribution in [0.25, 0.3) is 0 Å². The van der Waals surface area contributed by atoms with Gasteiger partial charge in [0.05, 0.1) is 0 Å². The fraction of sp³-hybridized carbons (Fsp3) is 0.368. The molecule has 0 bridgehead atoms. The standard InChI is InChI=1S/C19H24N4O/c1-14(20-13-11-16-4-2-3-12-21-16)15-5-7-17(8-6-15)22-19(24)23-18-9-10-18/h2-8,12,14,18,20H,9-11,13H2,1H3,(H2,22,23,24)/t14-/m1/s1. The Morgan fingerprint density at radius 1 is 1.21 bits per heavy atom. The lowest BCUT2D eigenvalue weighted by atomic mass is 10.1. The molecule has 1 atom stereocenters. The van der Waals surface area contributed by atoms with E-state index in [0.717, 1.165) is 37.2 Å². The Morgan fingerprint density at radius 3 is 2.67 bits per heavy atom. The van der Waals surface area contributed by atoms with E-state index in [1.807, 2.05) is 48.7 Å². The highest BCUT2D eigenvalue weighted by Crippen LogP contribution is 2.19. The van der Waals surface area contributed by atoms with Crippen molar-refractivity contribution in [3.8, 4) is 0 Å². The zero-order valence-corrected chi connectivity index (χ0v) is 14.0. The lowest BCUT2D eigenvalue weighted by Crippen LogP contribution is -2.30. The summed E-state index contributed by atoms with van der Waals surface area (Å²) in [7, 11) is 0. The number of hydrogen-bond donors (Lipinski definition) is 3. The topological polar surface area (TPSA) is 66.0 Å². The van der Waals surface area contributed by atoms with Gasteiger partial charge in [0.2, 0.25) is 0 Å². The van der Waals surface area contributed by atoms with Gasteiger partial charge in [0.15, 0.2) is 0 Å². The first kappa shape index (κ1) is 16.5. The number of anilines is 1. The molecule has 1 heterocycles. The minimum Gasteiger partial charge on any atom is -0.335 e. The van der Waals surface area contributed by atoms with Gasteiger partial charge in [-0.2, -0.15) is 0 Å². The second kappa shape index (κ2) is 7.93. The number of aromatic nitrogens is 1. The summed E-state index contributed by atoms with van der Waals surface area (Å²) < 4.78 is 0. The molecule has 1 aliphatic rings. The maximum Gasteiger partial charge on any atom is 0.319 e. The molecule has 1 fully saturated rings. The SMILES string of the molecule is C[C@@H](NCCc1ccccn1)c1ccc(NC(=O)NC2CC2)cc1. The highest BCUT2D eigenvalue weighted by atomic mass is 16.2. The van der Waals surface area contributed by atoms with E-state index in [4.69, 9.17) is 0 Å². The second-order valence-corrected chi connectivity index (χ2v) is 6.24. The van der Waals surface area contributed by atoms with Crippen LogP contribution in [0, 0.1) is 0 Å². The second-order valence-electron chi connectivity index (χ2n) is 6.24. The van der Waals surface area contributed by atoms with Crippen LogP contribution in [0.5, 0.6) is 0 Å². The van der Waals surface area contributed by atoms with Crippen molar-refractivity contribution in [2.75, 3.05) is 11.9 Å². The molecule has 126 valence electrons. The number of benzene rings is 1. The van der Waals surface area contributed by atoms with Gasteiger partial charge in [0.25, 0.3) is 0 Å². The van der Waals surface area contributed by atoms with Crippen molar-refractivity contribution in [2.45, 2.75) is 38.3 Å². The Hall–Kier alpha value is -2.40. The predicted octanol–water partition coefficient (Wildman–Crippen LogP) is 3.26. The number of urea groups is 1. The largest absolute Gasteiger partial charge is 0.335 e. The molecule has 1 aromatic carbocycles. The van der Waals surface area contributed by atoms with E-state index in [9.17, 15) is 4.79 Å². The Bertz CT molecular complexity index is 653. The molecule has 0 spiro atoms. The van der Waals surface area contributed by atoms with E-state index in [1.165, 1.54) is 5.56 Å². The Labute approximate surface area is 142 Å². The van der Waals surface area contributed by atoms with E-state index < -0.39 is 0 Å². The number of nitrogens with one attached hydrogen (secondary N) is 3. The van der Waals surface area contributed by atoms with Crippen molar-refractivity contribution in [1.82, 2.24) is 15.6 Å². The molecule has 1 saturated carbocycles. The molecule has 1 aliphatic carbocycles. The summed E-state index contributed by atoms with van der Waals surface area (Å²) in [6.07, 6.45) is 4.91. The molecule has 2 amide bonds. The van der Waals surface area contributed by atoms with Crippen molar-refractivity contribution in [3.63, 3.8) is 0 Å². The third kappa shape index (κ3) is 5.06. The van der Waals surface area contributed by atoms with Gasteiger partial charge < -0.3 is 16.0 Å². The number of pyridine rings is 1. The lowest BCUT2D eigenvalue weighted by Gasteiger charge is -2.15. The third-order valence-corrected chi connectivity index (χ3v) is 4.14. The van der Waals surface area contributed by atoms with Crippen LogP contribution in [0.3, 0.4) is 0 Å². The molecule has 0 saturated heterocycles. The quantitative estimate of drug-likeness (QED) is 0.732. The molecule has 5 nitrogen and oxygen atoms in total. The molecule has 0 radical (unpaired) electrons. The van der Waals surface area contributed by atoms with Gasteiger partial charge in [0, 0.05) is 42.6 Å². The van der Waals surface area contributed by atoms with E-state index in [0.29, 0.717) is 6.04 Å². The summed E-state index contributed by atoms with van der Waals surface area (Å²) in [4.78, 5) is 16.0. The Kier molecular flexibility index (Phi) is 5.43. The van der Waals surface area contributed by atoms with Gasteiger partial charge >= 0.3 is 6.03 Å². The lowest BCUT2D eigenvalue weighted by molar-refractivity contribution is 0.251. The molecule has 3 N–H and O–H groups in total. The van der Waals surface area contributed by atoms with E-state index in [1.54, 1.807) is 0 Å². The van der Waals surface area contributed by atoms with Crippen molar-refractivity contribution < 1.29 is 4.79 Å². The van der Waals surface area contributed by atoms with Crippen molar-refractivity contribution in [2.24, 2.45) is 0 Å². The summed E-state index contributed by atoms with van der Waals surface area (Å²) in [5, 5.41) is 9.28. The van der Waals surface area contributed by atoms with Crippen LogP contribution in [-0.2, 0) is 6.42 Å². The van der Waals surface area contributed by atoms with Crippen LogP contribution in [0.4, 0.5) is 10.5 Å². The van der Waals surface area contributed by atoms with E-state index in [-0.39, 0.29) is 12.1 Å². The maximum absolute atomic E-state index is 11.7. The molecule has 0 aliphatic heterocycles. The molecule has 0 unspecified atom stereocenters. The third-order valence-electron chi connectivity index (χ3n) is 4.14. The van der Waals surface area contributed by atoms with E-state index >= 15 is 0 Å². The van der Waals surface area contributed by atoms with Gasteiger partial charge in [-0.15, -0.1) is 0 Å². The summed E-state index contributed by atoms with van der Waals surface area (Å²) in [5.74, 6) is 0. The molecular formula is C19H24N4O. The fourth-order valence-corrected chi connectivity index (χ4v) is 2.52. The van der Waals surface area contributed by atoms with Crippen molar-refractivity contribution in [1.29, 1.82) is 0 Å². The molecule has 24 heavy (non-hydrogen) atoms. The predicted molar refractivity (Wildman–Crippen MR) is 96.0 cm³/mol. The van der Waals surface area contributed by atoms with Gasteiger partial charge in [0.1, 0.15) is 0 Å². The molecule has 2 aromatic rings. The normalized spacial score (nSPS) is 14.9. The van der Waals surface area contributed by atoms with Crippen LogP contribution in [-0.4, -0.2) is 23.6 Å². The van der Waals surface area contributed by atoms with Crippen LogP contribution < -0.4 is 16.0 Å². The number of carbonyl (C=O) groups excluding carboxylic acids is 1. The highest BCUT2D eigenvalue weighted by molar-refractivity contribution is 5.89. The van der Waals surface area contributed by atoms with Crippen molar-refractivity contribution in [3.05, 3.63) is 59.9 Å². The number of carbonyl (C=O) groups is 1. The zero-order valence-electron chi connectivity index (χ0n) is 14.0. The first-order valence-corrected chi connectivity index (χ1v) is 8.51. The first-order chi connectivity index (χ1) is 11.7. The molecule has 3 rings (SSSR count). The minimum atomic E-state index is -0.119. The van der Waals surface area contributed by atoms with Gasteiger partial charge in [-0.1, -0.05) is 18.2 Å². The number of hydrogen-bond acceptors (Lipinski definition) is 3. The summed E-state index contributed by atoms with van der Waals surface area (Å²) >= 11 is 0. The maximum atomic E-state index is 11.7. The number of amides is 2. The summed E-state index contributed by atoms with van der Waals surface area (Å²) in [6.45, 7) is 3.02. The van der Waals surface area contributed by atoms with Gasteiger partial charge in [-0.05, 0) is 49.6 Å². The number of rotatable bonds is 7. The average Bonchev–Trinajstić information content (AvgIpc) is 3.40. The molecule has 5 heteroatoms. The van der Waals surface area contributed by atoms with Crippen LogP contribution >= 0.6 is 0 Å². The average molecular weight is 324 g/mol. The van der Waals surface area contributed by atoms with Gasteiger partial charge in [-0.3, -0.25) is 4.98 Å². The van der Waals surface area contributed by atoms with E-state index in [2.05, 4.69) is 27.9 Å². The summed E-state index contributed by atoms with van der Waals surface area (Å²) in [5.41, 5.74) is 3.11. The fourth-order valence-electron chi connectivity index (χ4n) is 2.52. The summed E-state index contributed by atoms with van der Waals surface area (Å²) in [6, 6.07) is 14.5. The molecule has 1 aromatic heterocycles. The van der Waals surface area contributed by atoms with Crippen LogP contribution in [0.2, 0.25) is 0 Å². The zero-order chi connectivity index (χ0) is 16.8. The van der Waals surface area contributed by atoms with Crippen LogP contribution in [0.1, 0.15) is 37.1 Å². The van der Waals surface area contributed by atoms with Crippen molar-refractivity contribution >= 4 is 11.7 Å². The highest BCUT2D eigenvalue weighted by Gasteiger charge is 2.23. The van der Waals surface area contributed by atoms with Crippen LogP contribution in [0.15, 0.2) is 48.7 Å².